The Balaban J connectivity index is 1.20. The largest absolute Gasteiger partial charge is 0.494 e. The first kappa shape index (κ1) is 24.5. The molecule has 1 saturated heterocycles. The lowest BCUT2D eigenvalue weighted by atomic mass is 9.88. The first-order valence-electron chi connectivity index (χ1n) is 12.9. The van der Waals surface area contributed by atoms with Crippen LogP contribution in [-0.2, 0) is 4.79 Å². The lowest BCUT2D eigenvalue weighted by molar-refractivity contribution is -0.131. The smallest absolute Gasteiger partial charge is 0.223 e. The van der Waals surface area contributed by atoms with Gasteiger partial charge in [0.1, 0.15) is 5.75 Å². The number of amides is 1. The number of nitrogens with zero attached hydrogens (tertiary/aromatic N) is 4. The second kappa shape index (κ2) is 11.7. The minimum absolute atomic E-state index is 0.0499. The van der Waals surface area contributed by atoms with E-state index in [-0.39, 0.29) is 11.8 Å². The van der Waals surface area contributed by atoms with Gasteiger partial charge in [0.25, 0.3) is 0 Å². The van der Waals surface area contributed by atoms with Crippen LogP contribution in [0.3, 0.4) is 0 Å². The molecule has 0 spiro atoms. The maximum atomic E-state index is 13.3. The van der Waals surface area contributed by atoms with E-state index in [0.717, 1.165) is 35.9 Å². The summed E-state index contributed by atoms with van der Waals surface area (Å²) in [4.78, 5) is 17.5. The predicted molar refractivity (Wildman–Crippen MR) is 147 cm³/mol. The second-order valence-corrected chi connectivity index (χ2v) is 9.18. The van der Waals surface area contributed by atoms with Gasteiger partial charge in [0.05, 0.1) is 12.3 Å². The third-order valence-electron chi connectivity index (χ3n) is 6.85. The van der Waals surface area contributed by atoms with Gasteiger partial charge in [-0.05, 0) is 54.4 Å². The molecule has 188 valence electrons. The van der Waals surface area contributed by atoms with E-state index in [9.17, 15) is 4.79 Å². The highest BCUT2D eigenvalue weighted by atomic mass is 16.5. The summed E-state index contributed by atoms with van der Waals surface area (Å²) < 4.78 is 5.52. The van der Waals surface area contributed by atoms with E-state index in [1.54, 1.807) is 0 Å². The molecule has 1 aliphatic rings. The highest BCUT2D eigenvalue weighted by Crippen LogP contribution is 2.29. The predicted octanol–water partition coefficient (Wildman–Crippen LogP) is 5.41. The van der Waals surface area contributed by atoms with Gasteiger partial charge in [-0.2, -0.15) is 0 Å². The number of anilines is 1. The van der Waals surface area contributed by atoms with Crippen molar-refractivity contribution in [1.82, 2.24) is 15.1 Å². The number of hydrogen-bond acceptors (Lipinski definition) is 5. The monoisotopic (exact) mass is 492 g/mol. The molecular weight excluding hydrogens is 460 g/mol. The topological polar surface area (TPSA) is 58.6 Å². The Hall–Kier alpha value is -4.19. The molecule has 0 atom stereocenters. The molecule has 0 bridgehead atoms. The summed E-state index contributed by atoms with van der Waals surface area (Å²) in [5.74, 6) is 1.93. The van der Waals surface area contributed by atoms with Crippen LogP contribution >= 0.6 is 0 Å². The molecule has 0 saturated carbocycles. The SMILES string of the molecule is CCOc1ccc(-c2ccc(N3CCN(C(=O)CC(c4ccccc4)c4ccccc4)CC3)nn2)cc1. The van der Waals surface area contributed by atoms with Crippen LogP contribution in [0.25, 0.3) is 11.3 Å². The van der Waals surface area contributed by atoms with Crippen LogP contribution in [0.15, 0.2) is 97.1 Å². The van der Waals surface area contributed by atoms with E-state index in [4.69, 9.17) is 4.74 Å². The van der Waals surface area contributed by atoms with Crippen LogP contribution < -0.4 is 9.64 Å². The molecule has 0 aliphatic carbocycles. The van der Waals surface area contributed by atoms with Crippen LogP contribution in [0.4, 0.5) is 5.82 Å². The van der Waals surface area contributed by atoms with E-state index in [0.29, 0.717) is 26.1 Å². The molecule has 0 radical (unpaired) electrons. The Labute approximate surface area is 218 Å². The first-order valence-corrected chi connectivity index (χ1v) is 12.9. The normalized spacial score (nSPS) is 13.6. The number of ether oxygens (including phenoxy) is 1. The Morgan fingerprint density at radius 2 is 1.41 bits per heavy atom. The summed E-state index contributed by atoms with van der Waals surface area (Å²) in [6.07, 6.45) is 0.463. The van der Waals surface area contributed by atoms with Gasteiger partial charge in [-0.15, -0.1) is 10.2 Å². The standard InChI is InChI=1S/C31H32N4O2/c1-2-37-27-15-13-26(14-16-27)29-17-18-30(33-32-29)34-19-21-35(22-20-34)31(36)23-28(24-9-5-3-6-10-24)25-11-7-4-8-12-25/h3-18,28H,2,19-23H2,1H3. The Kier molecular flexibility index (Phi) is 7.75. The first-order chi connectivity index (χ1) is 18.2. The molecule has 4 aromatic rings. The van der Waals surface area contributed by atoms with Crippen molar-refractivity contribution < 1.29 is 9.53 Å². The lowest BCUT2D eigenvalue weighted by Gasteiger charge is -2.36. The molecule has 6 nitrogen and oxygen atoms in total. The van der Waals surface area contributed by atoms with Crippen molar-refractivity contribution in [2.75, 3.05) is 37.7 Å². The Morgan fingerprint density at radius 1 is 0.784 bits per heavy atom. The van der Waals surface area contributed by atoms with Crippen molar-refractivity contribution in [3.8, 4) is 17.0 Å². The van der Waals surface area contributed by atoms with Gasteiger partial charge in [0, 0.05) is 44.1 Å². The van der Waals surface area contributed by atoms with E-state index >= 15 is 0 Å². The number of piperazine rings is 1. The Bertz CT molecular complexity index is 1230. The van der Waals surface area contributed by atoms with E-state index in [1.807, 2.05) is 84.6 Å². The molecule has 1 aromatic heterocycles. The zero-order chi connectivity index (χ0) is 25.5. The molecule has 2 heterocycles. The number of aromatic nitrogens is 2. The molecule has 37 heavy (non-hydrogen) atoms. The van der Waals surface area contributed by atoms with Gasteiger partial charge in [-0.25, -0.2) is 0 Å². The lowest BCUT2D eigenvalue weighted by Crippen LogP contribution is -2.49. The molecule has 1 amide bonds. The van der Waals surface area contributed by atoms with E-state index in [2.05, 4.69) is 39.4 Å². The van der Waals surface area contributed by atoms with Crippen molar-refractivity contribution in [1.29, 1.82) is 0 Å². The summed E-state index contributed by atoms with van der Waals surface area (Å²) in [7, 11) is 0. The number of benzene rings is 3. The maximum absolute atomic E-state index is 13.3. The number of rotatable bonds is 8. The summed E-state index contributed by atoms with van der Waals surface area (Å²) in [5.41, 5.74) is 4.17. The third kappa shape index (κ3) is 5.97. The van der Waals surface area contributed by atoms with Crippen molar-refractivity contribution in [3.63, 3.8) is 0 Å². The summed E-state index contributed by atoms with van der Waals surface area (Å²) in [6, 6.07) is 32.5. The molecule has 3 aromatic carbocycles. The van der Waals surface area contributed by atoms with Crippen LogP contribution in [0.2, 0.25) is 0 Å². The van der Waals surface area contributed by atoms with Gasteiger partial charge >= 0.3 is 0 Å². The zero-order valence-corrected chi connectivity index (χ0v) is 21.2. The van der Waals surface area contributed by atoms with E-state index in [1.165, 1.54) is 11.1 Å². The molecule has 0 unspecified atom stereocenters. The highest BCUT2D eigenvalue weighted by molar-refractivity contribution is 5.78. The average Bonchev–Trinajstić information content (AvgIpc) is 2.97. The molecule has 6 heteroatoms. The van der Waals surface area contributed by atoms with Crippen molar-refractivity contribution >= 4 is 11.7 Å². The molecule has 1 fully saturated rings. The van der Waals surface area contributed by atoms with Crippen molar-refractivity contribution in [2.45, 2.75) is 19.3 Å². The van der Waals surface area contributed by atoms with Gasteiger partial charge < -0.3 is 14.5 Å². The number of hydrogen-bond donors (Lipinski definition) is 0. The van der Waals surface area contributed by atoms with Crippen LogP contribution in [0.5, 0.6) is 5.75 Å². The zero-order valence-electron chi connectivity index (χ0n) is 21.2. The highest BCUT2D eigenvalue weighted by Gasteiger charge is 2.26. The fraction of sp³-hybridized carbons (Fsp3) is 0.258. The number of carbonyl (C=O) groups is 1. The average molecular weight is 493 g/mol. The molecule has 0 N–H and O–H groups in total. The van der Waals surface area contributed by atoms with E-state index < -0.39 is 0 Å². The fourth-order valence-electron chi connectivity index (χ4n) is 4.82. The van der Waals surface area contributed by atoms with Gasteiger partial charge in [-0.3, -0.25) is 4.79 Å². The van der Waals surface area contributed by atoms with Crippen LogP contribution in [-0.4, -0.2) is 53.8 Å². The number of carbonyl (C=O) groups excluding carboxylic acids is 1. The Morgan fingerprint density at radius 3 is 1.95 bits per heavy atom. The van der Waals surface area contributed by atoms with Crippen molar-refractivity contribution in [2.24, 2.45) is 0 Å². The minimum Gasteiger partial charge on any atom is -0.494 e. The van der Waals surface area contributed by atoms with Gasteiger partial charge in [-0.1, -0.05) is 60.7 Å². The molecular formula is C31H32N4O2. The summed E-state index contributed by atoms with van der Waals surface area (Å²) in [5, 5.41) is 8.92. The van der Waals surface area contributed by atoms with Crippen molar-refractivity contribution in [3.05, 3.63) is 108 Å². The van der Waals surface area contributed by atoms with Crippen LogP contribution in [0.1, 0.15) is 30.4 Å². The second-order valence-electron chi connectivity index (χ2n) is 9.18. The fourth-order valence-corrected chi connectivity index (χ4v) is 4.82. The minimum atomic E-state index is 0.0499. The summed E-state index contributed by atoms with van der Waals surface area (Å²) >= 11 is 0. The maximum Gasteiger partial charge on any atom is 0.223 e. The third-order valence-corrected chi connectivity index (χ3v) is 6.85. The molecule has 5 rings (SSSR count). The quantitative estimate of drug-likeness (QED) is 0.329. The molecule has 1 aliphatic heterocycles. The van der Waals surface area contributed by atoms with Gasteiger partial charge in [0.15, 0.2) is 5.82 Å². The van der Waals surface area contributed by atoms with Gasteiger partial charge in [0.2, 0.25) is 5.91 Å². The van der Waals surface area contributed by atoms with Crippen LogP contribution in [0, 0.1) is 0 Å². The summed E-state index contributed by atoms with van der Waals surface area (Å²) in [6.45, 7) is 5.45.